The Labute approximate surface area is 164 Å². The molecule has 2 heterocycles. The number of piperidine rings is 1. The smallest absolute Gasteiger partial charge is 0.279 e. The number of hydrogen-bond acceptors (Lipinski definition) is 4. The molecule has 0 unspecified atom stereocenters. The van der Waals surface area contributed by atoms with E-state index in [-0.39, 0.29) is 17.5 Å². The summed E-state index contributed by atoms with van der Waals surface area (Å²) in [6.07, 6.45) is 1.88. The minimum absolute atomic E-state index is 0.143. The van der Waals surface area contributed by atoms with Gasteiger partial charge in [-0.1, -0.05) is 36.4 Å². The van der Waals surface area contributed by atoms with Crippen LogP contribution in [0.5, 0.6) is 0 Å². The monoisotopic (exact) mass is 376 g/mol. The van der Waals surface area contributed by atoms with Gasteiger partial charge in [0, 0.05) is 18.5 Å². The van der Waals surface area contributed by atoms with Gasteiger partial charge in [0.15, 0.2) is 5.69 Å². The van der Waals surface area contributed by atoms with Gasteiger partial charge in [0.05, 0.1) is 11.1 Å². The molecule has 0 saturated carbocycles. The summed E-state index contributed by atoms with van der Waals surface area (Å²) in [5.74, 6) is -0.143. The van der Waals surface area contributed by atoms with Gasteiger partial charge in [-0.15, -0.1) is 0 Å². The van der Waals surface area contributed by atoms with Crippen molar-refractivity contribution in [2.24, 2.45) is 0 Å². The number of fused-ring (bicyclic) bond motifs is 1. The van der Waals surface area contributed by atoms with E-state index in [0.29, 0.717) is 22.2 Å². The molecular weight excluding hydrogens is 352 g/mol. The highest BCUT2D eigenvalue weighted by molar-refractivity contribution is 6.04. The van der Waals surface area contributed by atoms with E-state index in [1.54, 1.807) is 17.0 Å². The van der Waals surface area contributed by atoms with Crippen molar-refractivity contribution in [2.75, 3.05) is 27.2 Å². The number of carbonyl (C=O) groups excluding carboxylic acids is 1. The second-order valence-electron chi connectivity index (χ2n) is 7.40. The van der Waals surface area contributed by atoms with Crippen molar-refractivity contribution in [3.05, 3.63) is 70.6 Å². The number of amides is 1. The van der Waals surface area contributed by atoms with Gasteiger partial charge < -0.3 is 9.80 Å². The zero-order valence-corrected chi connectivity index (χ0v) is 16.2. The Hall–Kier alpha value is -2.99. The summed E-state index contributed by atoms with van der Waals surface area (Å²) in [5, 5.41) is 5.61. The van der Waals surface area contributed by atoms with E-state index in [1.807, 2.05) is 49.5 Å². The molecular formula is C22H24N4O2. The lowest BCUT2D eigenvalue weighted by Gasteiger charge is -2.35. The van der Waals surface area contributed by atoms with Crippen molar-refractivity contribution in [3.63, 3.8) is 0 Å². The summed E-state index contributed by atoms with van der Waals surface area (Å²) in [6, 6.07) is 16.6. The SMILES string of the molecule is CN1CCC(N(C)C(=O)c2nn(-c3ccccc3)c(=O)c3ccccc23)CC1. The fourth-order valence-electron chi connectivity index (χ4n) is 3.81. The number of likely N-dealkylation sites (tertiary alicyclic amines) is 1. The van der Waals surface area contributed by atoms with E-state index < -0.39 is 0 Å². The van der Waals surface area contributed by atoms with Crippen molar-refractivity contribution >= 4 is 16.7 Å². The highest BCUT2D eigenvalue weighted by atomic mass is 16.2. The third-order valence-electron chi connectivity index (χ3n) is 5.56. The molecule has 1 amide bonds. The molecule has 3 aromatic rings. The molecule has 1 saturated heterocycles. The number of rotatable bonds is 3. The highest BCUT2D eigenvalue weighted by Crippen LogP contribution is 2.20. The molecule has 1 aromatic heterocycles. The van der Waals surface area contributed by atoms with Gasteiger partial charge in [-0.05, 0) is 51.2 Å². The summed E-state index contributed by atoms with van der Waals surface area (Å²) in [5.41, 5.74) is 0.745. The molecule has 1 fully saturated rings. The van der Waals surface area contributed by atoms with E-state index in [4.69, 9.17) is 0 Å². The third kappa shape index (κ3) is 3.31. The molecule has 0 radical (unpaired) electrons. The predicted octanol–water partition coefficient (Wildman–Crippen LogP) is 2.55. The summed E-state index contributed by atoms with van der Waals surface area (Å²) >= 11 is 0. The van der Waals surface area contributed by atoms with Gasteiger partial charge in [0.1, 0.15) is 0 Å². The molecule has 2 aromatic carbocycles. The average Bonchev–Trinajstić information content (AvgIpc) is 2.74. The molecule has 1 aliphatic rings. The molecule has 28 heavy (non-hydrogen) atoms. The van der Waals surface area contributed by atoms with Gasteiger partial charge in [-0.3, -0.25) is 9.59 Å². The van der Waals surface area contributed by atoms with Crippen LogP contribution in [-0.4, -0.2) is 58.7 Å². The highest BCUT2D eigenvalue weighted by Gasteiger charge is 2.27. The fraction of sp³-hybridized carbons (Fsp3) is 0.318. The lowest BCUT2D eigenvalue weighted by atomic mass is 10.0. The van der Waals surface area contributed by atoms with Gasteiger partial charge in [-0.25, -0.2) is 0 Å². The van der Waals surface area contributed by atoms with E-state index >= 15 is 0 Å². The van der Waals surface area contributed by atoms with Crippen LogP contribution in [0.1, 0.15) is 23.3 Å². The van der Waals surface area contributed by atoms with Crippen LogP contribution in [0.4, 0.5) is 0 Å². The summed E-state index contributed by atoms with van der Waals surface area (Å²) < 4.78 is 1.33. The Balaban J connectivity index is 1.81. The van der Waals surface area contributed by atoms with Gasteiger partial charge in [0.2, 0.25) is 0 Å². The molecule has 6 heteroatoms. The summed E-state index contributed by atoms with van der Waals surface area (Å²) in [4.78, 5) is 30.4. The van der Waals surface area contributed by atoms with Crippen molar-refractivity contribution in [1.82, 2.24) is 19.6 Å². The van der Waals surface area contributed by atoms with Gasteiger partial charge >= 0.3 is 0 Å². The van der Waals surface area contributed by atoms with E-state index in [1.165, 1.54) is 4.68 Å². The second kappa shape index (κ2) is 7.56. The maximum Gasteiger partial charge on any atom is 0.279 e. The standard InChI is InChI=1S/C22H24N4O2/c1-24-14-12-16(13-15-24)25(2)22(28)20-18-10-6-7-11-19(18)21(27)26(23-20)17-8-4-3-5-9-17/h3-11,16H,12-15H2,1-2H3. The van der Waals surface area contributed by atoms with Crippen molar-refractivity contribution in [2.45, 2.75) is 18.9 Å². The lowest BCUT2D eigenvalue weighted by molar-refractivity contribution is 0.0654. The Bertz CT molecular complexity index is 1050. The van der Waals surface area contributed by atoms with Crippen LogP contribution in [-0.2, 0) is 0 Å². The molecule has 0 atom stereocenters. The van der Waals surface area contributed by atoms with Crippen LogP contribution in [0, 0.1) is 0 Å². The molecule has 144 valence electrons. The Morgan fingerprint density at radius 1 is 1.00 bits per heavy atom. The molecule has 0 N–H and O–H groups in total. The normalized spacial score (nSPS) is 15.6. The number of benzene rings is 2. The van der Waals surface area contributed by atoms with Gasteiger partial charge in [-0.2, -0.15) is 9.78 Å². The van der Waals surface area contributed by atoms with Crippen LogP contribution in [0.25, 0.3) is 16.5 Å². The molecule has 1 aliphatic heterocycles. The number of para-hydroxylation sites is 1. The quantitative estimate of drug-likeness (QED) is 0.705. The van der Waals surface area contributed by atoms with E-state index in [9.17, 15) is 9.59 Å². The molecule has 4 rings (SSSR count). The number of carbonyl (C=O) groups is 1. The Morgan fingerprint density at radius 3 is 2.29 bits per heavy atom. The van der Waals surface area contributed by atoms with Crippen LogP contribution in [0.15, 0.2) is 59.4 Å². The van der Waals surface area contributed by atoms with Crippen molar-refractivity contribution in [1.29, 1.82) is 0 Å². The first-order valence-corrected chi connectivity index (χ1v) is 9.59. The number of hydrogen-bond donors (Lipinski definition) is 0. The first-order valence-electron chi connectivity index (χ1n) is 9.59. The molecule has 0 aliphatic carbocycles. The number of nitrogens with zero attached hydrogens (tertiary/aromatic N) is 4. The summed E-state index contributed by atoms with van der Waals surface area (Å²) in [6.45, 7) is 1.94. The maximum atomic E-state index is 13.4. The number of aromatic nitrogens is 2. The zero-order chi connectivity index (χ0) is 19.7. The topological polar surface area (TPSA) is 58.4 Å². The van der Waals surface area contributed by atoms with Gasteiger partial charge in [0.25, 0.3) is 11.5 Å². The Kier molecular flexibility index (Phi) is 4.96. The van der Waals surface area contributed by atoms with Crippen LogP contribution >= 0.6 is 0 Å². The van der Waals surface area contributed by atoms with Crippen LogP contribution < -0.4 is 5.56 Å². The predicted molar refractivity (Wildman–Crippen MR) is 110 cm³/mol. The van der Waals surface area contributed by atoms with E-state index in [0.717, 1.165) is 25.9 Å². The minimum Gasteiger partial charge on any atom is -0.337 e. The lowest BCUT2D eigenvalue weighted by Crippen LogP contribution is -2.45. The maximum absolute atomic E-state index is 13.4. The molecule has 0 bridgehead atoms. The minimum atomic E-state index is -0.222. The third-order valence-corrected chi connectivity index (χ3v) is 5.56. The zero-order valence-electron chi connectivity index (χ0n) is 16.2. The van der Waals surface area contributed by atoms with E-state index in [2.05, 4.69) is 17.0 Å². The first-order chi connectivity index (χ1) is 13.6. The van der Waals surface area contributed by atoms with Crippen LogP contribution in [0.3, 0.4) is 0 Å². The average molecular weight is 376 g/mol. The van der Waals surface area contributed by atoms with Crippen LogP contribution in [0.2, 0.25) is 0 Å². The van der Waals surface area contributed by atoms with Crippen molar-refractivity contribution < 1.29 is 4.79 Å². The van der Waals surface area contributed by atoms with Crippen molar-refractivity contribution in [3.8, 4) is 5.69 Å². The molecule has 6 nitrogen and oxygen atoms in total. The summed E-state index contributed by atoms with van der Waals surface area (Å²) in [7, 11) is 3.94. The Morgan fingerprint density at radius 2 is 1.61 bits per heavy atom. The second-order valence-corrected chi connectivity index (χ2v) is 7.40. The fourth-order valence-corrected chi connectivity index (χ4v) is 3.81. The molecule has 0 spiro atoms. The first kappa shape index (κ1) is 18.4. The largest absolute Gasteiger partial charge is 0.337 e.